The van der Waals surface area contributed by atoms with Crippen molar-refractivity contribution in [2.45, 2.75) is 39.8 Å². The van der Waals surface area contributed by atoms with Crippen LogP contribution in [0.15, 0.2) is 36.4 Å². The molecule has 0 spiro atoms. The largest absolute Gasteiger partial charge is 0.462 e. The monoisotopic (exact) mass is 329 g/mol. The van der Waals surface area contributed by atoms with Gasteiger partial charge in [-0.25, -0.2) is 4.98 Å². The summed E-state index contributed by atoms with van der Waals surface area (Å²) >= 11 is 0. The van der Waals surface area contributed by atoms with Crippen LogP contribution in [0.3, 0.4) is 0 Å². The number of carbonyl (C=O) groups excluding carboxylic acids is 2. The predicted molar refractivity (Wildman–Crippen MR) is 92.5 cm³/mol. The lowest BCUT2D eigenvalue weighted by atomic mass is 10.3. The van der Waals surface area contributed by atoms with Gasteiger partial charge in [0.1, 0.15) is 12.4 Å². The fourth-order valence-electron chi connectivity index (χ4n) is 2.43. The normalized spacial score (nSPS) is 11.3. The van der Waals surface area contributed by atoms with Crippen LogP contribution < -0.4 is 5.32 Å². The molecule has 1 heterocycles. The number of hydrogen-bond donors (Lipinski definition) is 1. The molecule has 1 aromatic carbocycles. The zero-order valence-corrected chi connectivity index (χ0v) is 14.3. The average Bonchev–Trinajstić information content (AvgIpc) is 2.85. The van der Waals surface area contributed by atoms with Crippen LogP contribution in [0.2, 0.25) is 0 Å². The van der Waals surface area contributed by atoms with Gasteiger partial charge in [0.05, 0.1) is 17.1 Å². The topological polar surface area (TPSA) is 73.2 Å². The second kappa shape index (κ2) is 8.29. The fourth-order valence-corrected chi connectivity index (χ4v) is 2.43. The van der Waals surface area contributed by atoms with Gasteiger partial charge < -0.3 is 14.6 Å². The molecule has 0 bridgehead atoms. The summed E-state index contributed by atoms with van der Waals surface area (Å²) in [6.45, 7) is 5.99. The molecule has 1 N–H and O–H groups in total. The molecule has 0 aliphatic carbocycles. The van der Waals surface area contributed by atoms with E-state index in [9.17, 15) is 9.59 Å². The van der Waals surface area contributed by atoms with Gasteiger partial charge in [0.25, 0.3) is 0 Å². The third kappa shape index (κ3) is 4.68. The van der Waals surface area contributed by atoms with Crippen LogP contribution in [0, 0.1) is 0 Å². The third-order valence-corrected chi connectivity index (χ3v) is 3.35. The van der Waals surface area contributed by atoms with E-state index >= 15 is 0 Å². The van der Waals surface area contributed by atoms with Crippen LogP contribution in [0.4, 0.5) is 0 Å². The van der Waals surface area contributed by atoms with Gasteiger partial charge in [-0.1, -0.05) is 18.2 Å². The minimum Gasteiger partial charge on any atom is -0.462 e. The zero-order chi connectivity index (χ0) is 17.5. The van der Waals surface area contributed by atoms with Crippen LogP contribution in [0.25, 0.3) is 11.0 Å². The Balaban J connectivity index is 2.17. The minimum absolute atomic E-state index is 0.108. The van der Waals surface area contributed by atoms with E-state index in [0.29, 0.717) is 13.0 Å². The molecule has 2 rings (SSSR count). The molecule has 0 aliphatic rings. The molecule has 0 radical (unpaired) electrons. The number of esters is 1. The lowest BCUT2D eigenvalue weighted by molar-refractivity contribution is -0.148. The Morgan fingerprint density at radius 2 is 2.08 bits per heavy atom. The van der Waals surface area contributed by atoms with E-state index in [1.54, 1.807) is 13.0 Å². The molecule has 1 amide bonds. The smallest absolute Gasteiger partial charge is 0.326 e. The van der Waals surface area contributed by atoms with Crippen molar-refractivity contribution in [3.63, 3.8) is 0 Å². The number of nitrogens with one attached hydrogen (secondary N) is 1. The van der Waals surface area contributed by atoms with Crippen LogP contribution in [0.1, 0.15) is 26.6 Å². The Morgan fingerprint density at radius 1 is 1.33 bits per heavy atom. The number of rotatable bonds is 7. The quantitative estimate of drug-likeness (QED) is 0.624. The summed E-state index contributed by atoms with van der Waals surface area (Å²) in [5.74, 6) is 0.310. The van der Waals surface area contributed by atoms with Gasteiger partial charge >= 0.3 is 5.97 Å². The Labute approximate surface area is 141 Å². The molecule has 0 saturated carbocycles. The highest BCUT2D eigenvalue weighted by Gasteiger charge is 2.15. The highest BCUT2D eigenvalue weighted by Crippen LogP contribution is 2.16. The molecule has 0 fully saturated rings. The van der Waals surface area contributed by atoms with Crippen molar-refractivity contribution in [1.29, 1.82) is 0 Å². The number of aromatic nitrogens is 2. The van der Waals surface area contributed by atoms with E-state index in [4.69, 9.17) is 4.74 Å². The van der Waals surface area contributed by atoms with Gasteiger partial charge in [0.15, 0.2) is 0 Å². The molecule has 0 atom stereocenters. The first kappa shape index (κ1) is 17.7. The second-order valence-electron chi connectivity index (χ2n) is 5.68. The molecule has 24 heavy (non-hydrogen) atoms. The van der Waals surface area contributed by atoms with Gasteiger partial charge in [-0.15, -0.1) is 0 Å². The lowest BCUT2D eigenvalue weighted by Crippen LogP contribution is -2.25. The highest BCUT2D eigenvalue weighted by atomic mass is 16.5. The maximum absolute atomic E-state index is 12.0. The molecule has 0 saturated heterocycles. The summed E-state index contributed by atoms with van der Waals surface area (Å²) in [4.78, 5) is 28.1. The first-order valence-corrected chi connectivity index (χ1v) is 8.05. The van der Waals surface area contributed by atoms with Crippen molar-refractivity contribution < 1.29 is 14.3 Å². The molecular formula is C18H23N3O3. The van der Waals surface area contributed by atoms with Crippen LogP contribution in [0.5, 0.6) is 0 Å². The number of hydrogen-bond acceptors (Lipinski definition) is 4. The molecule has 6 nitrogen and oxygen atoms in total. The predicted octanol–water partition coefficient (Wildman–Crippen LogP) is 2.22. The molecule has 0 aliphatic heterocycles. The summed E-state index contributed by atoms with van der Waals surface area (Å²) in [6.07, 6.45) is 3.54. The maximum atomic E-state index is 12.0. The van der Waals surface area contributed by atoms with Crippen molar-refractivity contribution in [1.82, 2.24) is 14.9 Å². The molecule has 2 aromatic rings. The van der Waals surface area contributed by atoms with E-state index in [-0.39, 0.29) is 24.5 Å². The average molecular weight is 329 g/mol. The SMILES string of the molecule is C/C=C/C(=O)NCCc1nc2ccccc2n1CC(=O)OC(C)C. The molecule has 6 heteroatoms. The van der Waals surface area contributed by atoms with Gasteiger partial charge in [-0.2, -0.15) is 0 Å². The van der Waals surface area contributed by atoms with Crippen LogP contribution in [-0.2, 0) is 27.3 Å². The van der Waals surface area contributed by atoms with Crippen LogP contribution in [-0.4, -0.2) is 34.1 Å². The van der Waals surface area contributed by atoms with Crippen molar-refractivity contribution in [3.8, 4) is 0 Å². The molecule has 0 unspecified atom stereocenters. The first-order valence-electron chi connectivity index (χ1n) is 8.05. The Hall–Kier alpha value is -2.63. The van der Waals surface area contributed by atoms with Gasteiger partial charge in [0.2, 0.25) is 5.91 Å². The summed E-state index contributed by atoms with van der Waals surface area (Å²) < 4.78 is 7.08. The molecule has 128 valence electrons. The summed E-state index contributed by atoms with van der Waals surface area (Å²) in [7, 11) is 0. The number of amides is 1. The summed E-state index contributed by atoms with van der Waals surface area (Å²) in [5.41, 5.74) is 1.71. The standard InChI is InChI=1S/C18H23N3O3/c1-4-7-17(22)19-11-10-16-20-14-8-5-6-9-15(14)21(16)12-18(23)24-13(2)3/h4-9,13H,10-12H2,1-3H3,(H,19,22)/b7-4+. The summed E-state index contributed by atoms with van der Waals surface area (Å²) in [6, 6.07) is 7.64. The Kier molecular flexibility index (Phi) is 6.12. The summed E-state index contributed by atoms with van der Waals surface area (Å²) in [5, 5.41) is 2.79. The Morgan fingerprint density at radius 3 is 2.79 bits per heavy atom. The molecular weight excluding hydrogens is 306 g/mol. The van der Waals surface area contributed by atoms with Crippen molar-refractivity contribution in [3.05, 3.63) is 42.2 Å². The highest BCUT2D eigenvalue weighted by molar-refractivity contribution is 5.87. The number of para-hydroxylation sites is 2. The van der Waals surface area contributed by atoms with E-state index in [0.717, 1.165) is 16.9 Å². The number of benzene rings is 1. The number of nitrogens with zero attached hydrogens (tertiary/aromatic N) is 2. The number of ether oxygens (including phenoxy) is 1. The van der Waals surface area contributed by atoms with Gasteiger partial charge in [-0.05, 0) is 39.0 Å². The minimum atomic E-state index is -0.299. The fraction of sp³-hybridized carbons (Fsp3) is 0.389. The van der Waals surface area contributed by atoms with Crippen molar-refractivity contribution in [2.75, 3.05) is 6.54 Å². The van der Waals surface area contributed by atoms with Crippen molar-refractivity contribution in [2.24, 2.45) is 0 Å². The maximum Gasteiger partial charge on any atom is 0.326 e. The van der Waals surface area contributed by atoms with Crippen LogP contribution >= 0.6 is 0 Å². The third-order valence-electron chi connectivity index (χ3n) is 3.35. The van der Waals surface area contributed by atoms with Crippen molar-refractivity contribution >= 4 is 22.9 Å². The lowest BCUT2D eigenvalue weighted by Gasteiger charge is -2.11. The first-order chi connectivity index (χ1) is 11.5. The number of fused-ring (bicyclic) bond motifs is 1. The van der Waals surface area contributed by atoms with E-state index in [2.05, 4.69) is 10.3 Å². The zero-order valence-electron chi connectivity index (χ0n) is 14.3. The van der Waals surface area contributed by atoms with Gasteiger partial charge in [-0.3, -0.25) is 9.59 Å². The number of allylic oxidation sites excluding steroid dienone is 1. The number of imidazole rings is 1. The van der Waals surface area contributed by atoms with E-state index < -0.39 is 0 Å². The number of carbonyl (C=O) groups is 2. The van der Waals surface area contributed by atoms with E-state index in [1.807, 2.05) is 42.7 Å². The Bertz CT molecular complexity index is 747. The van der Waals surface area contributed by atoms with E-state index in [1.165, 1.54) is 6.08 Å². The molecule has 1 aromatic heterocycles. The second-order valence-corrected chi connectivity index (χ2v) is 5.68. The van der Waals surface area contributed by atoms with Gasteiger partial charge in [0, 0.05) is 13.0 Å².